The van der Waals surface area contributed by atoms with E-state index in [2.05, 4.69) is 26.1 Å². The highest BCUT2D eigenvalue weighted by Gasteiger charge is 2.19. The Kier molecular flexibility index (Phi) is 8.70. The van der Waals surface area contributed by atoms with Crippen LogP contribution in [0.1, 0.15) is 72.1 Å². The maximum absolute atomic E-state index is 5.55. The molecule has 0 aromatic carbocycles. The second-order valence-corrected chi connectivity index (χ2v) is 6.09. The Morgan fingerprint density at radius 2 is 1.83 bits per heavy atom. The van der Waals surface area contributed by atoms with Gasteiger partial charge in [-0.2, -0.15) is 0 Å². The van der Waals surface area contributed by atoms with Gasteiger partial charge in [-0.05, 0) is 64.8 Å². The van der Waals surface area contributed by atoms with Crippen LogP contribution in [0.3, 0.4) is 0 Å². The molecule has 0 aliphatic heterocycles. The predicted molar refractivity (Wildman–Crippen MR) is 79.0 cm³/mol. The molecule has 1 N–H and O–H groups in total. The fourth-order valence-electron chi connectivity index (χ4n) is 2.92. The molecule has 0 unspecified atom stereocenters. The van der Waals surface area contributed by atoms with Gasteiger partial charge in [0, 0.05) is 12.6 Å². The summed E-state index contributed by atoms with van der Waals surface area (Å²) in [6, 6.07) is 0.795. The first-order valence-electron chi connectivity index (χ1n) is 8.07. The Balaban J connectivity index is 1.91. The fraction of sp³-hybridized carbons (Fsp3) is 1.00. The van der Waals surface area contributed by atoms with Crippen LogP contribution in [0.5, 0.6) is 0 Å². The summed E-state index contributed by atoms with van der Waals surface area (Å²) in [5.74, 6) is 1.02. The molecule has 108 valence electrons. The lowest BCUT2D eigenvalue weighted by molar-refractivity contribution is 0.0758. The zero-order valence-electron chi connectivity index (χ0n) is 12.7. The molecule has 0 amide bonds. The van der Waals surface area contributed by atoms with E-state index in [1.807, 2.05) is 0 Å². The molecule has 1 rings (SSSR count). The van der Waals surface area contributed by atoms with Gasteiger partial charge in [0.05, 0.1) is 6.10 Å². The van der Waals surface area contributed by atoms with E-state index in [1.54, 1.807) is 0 Å². The van der Waals surface area contributed by atoms with Crippen molar-refractivity contribution in [3.05, 3.63) is 0 Å². The highest BCUT2D eigenvalue weighted by Crippen LogP contribution is 2.27. The van der Waals surface area contributed by atoms with Crippen molar-refractivity contribution in [3.8, 4) is 0 Å². The molecule has 0 aromatic rings. The molecule has 2 heteroatoms. The minimum absolute atomic E-state index is 0.381. The second kappa shape index (κ2) is 9.80. The number of ether oxygens (including phenoxy) is 1. The summed E-state index contributed by atoms with van der Waals surface area (Å²) in [5.41, 5.74) is 0. The highest BCUT2D eigenvalue weighted by atomic mass is 16.5. The normalized spacial score (nSPS) is 24.7. The van der Waals surface area contributed by atoms with Gasteiger partial charge in [-0.25, -0.2) is 0 Å². The van der Waals surface area contributed by atoms with Gasteiger partial charge < -0.3 is 10.1 Å². The lowest BCUT2D eigenvalue weighted by atomic mass is 9.83. The Bertz CT molecular complexity index is 186. The van der Waals surface area contributed by atoms with E-state index in [1.165, 1.54) is 57.9 Å². The molecule has 0 bridgehead atoms. The van der Waals surface area contributed by atoms with Gasteiger partial charge in [0.25, 0.3) is 0 Å². The van der Waals surface area contributed by atoms with Crippen molar-refractivity contribution in [3.63, 3.8) is 0 Å². The van der Waals surface area contributed by atoms with E-state index in [0.717, 1.165) is 18.6 Å². The molecule has 0 heterocycles. The predicted octanol–water partition coefficient (Wildman–Crippen LogP) is 4.14. The Morgan fingerprint density at radius 3 is 2.44 bits per heavy atom. The van der Waals surface area contributed by atoms with E-state index in [0.29, 0.717) is 6.10 Å². The lowest BCUT2D eigenvalue weighted by Crippen LogP contribution is -2.33. The molecule has 1 aliphatic rings. The molecule has 0 radical (unpaired) electrons. The lowest BCUT2D eigenvalue weighted by Gasteiger charge is -2.29. The molecule has 0 saturated heterocycles. The monoisotopic (exact) mass is 255 g/mol. The molecular formula is C16H33NO. The van der Waals surface area contributed by atoms with Gasteiger partial charge in [0.1, 0.15) is 0 Å². The standard InChI is InChI=1S/C16H33NO/c1-4-7-15-8-10-16(11-9-15)17-12-5-6-13-18-14(2)3/h14-17H,4-13H2,1-3H3. The Morgan fingerprint density at radius 1 is 1.11 bits per heavy atom. The van der Waals surface area contributed by atoms with Crippen molar-refractivity contribution in [1.82, 2.24) is 5.32 Å². The topological polar surface area (TPSA) is 21.3 Å². The van der Waals surface area contributed by atoms with Crippen molar-refractivity contribution in [1.29, 1.82) is 0 Å². The third kappa shape index (κ3) is 7.38. The number of rotatable bonds is 9. The van der Waals surface area contributed by atoms with Gasteiger partial charge >= 0.3 is 0 Å². The molecule has 18 heavy (non-hydrogen) atoms. The van der Waals surface area contributed by atoms with Gasteiger partial charge in [-0.3, -0.25) is 0 Å². The minimum Gasteiger partial charge on any atom is -0.379 e. The van der Waals surface area contributed by atoms with E-state index < -0.39 is 0 Å². The first-order valence-corrected chi connectivity index (χ1v) is 8.07. The first kappa shape index (κ1) is 16.0. The molecule has 1 aliphatic carbocycles. The minimum atomic E-state index is 0.381. The molecule has 1 saturated carbocycles. The van der Waals surface area contributed by atoms with Crippen LogP contribution in [-0.4, -0.2) is 25.3 Å². The van der Waals surface area contributed by atoms with E-state index in [4.69, 9.17) is 4.74 Å². The highest BCUT2D eigenvalue weighted by molar-refractivity contribution is 4.76. The largest absolute Gasteiger partial charge is 0.379 e. The van der Waals surface area contributed by atoms with E-state index in [-0.39, 0.29) is 0 Å². The number of hydrogen-bond acceptors (Lipinski definition) is 2. The third-order valence-corrected chi connectivity index (χ3v) is 4.00. The fourth-order valence-corrected chi connectivity index (χ4v) is 2.92. The van der Waals surface area contributed by atoms with E-state index in [9.17, 15) is 0 Å². The maximum atomic E-state index is 5.55. The van der Waals surface area contributed by atoms with Crippen LogP contribution >= 0.6 is 0 Å². The summed E-state index contributed by atoms with van der Waals surface area (Å²) in [5, 5.41) is 3.72. The zero-order valence-corrected chi connectivity index (χ0v) is 12.7. The molecule has 0 atom stereocenters. The Labute approximate surface area is 114 Å². The van der Waals surface area contributed by atoms with Crippen molar-refractivity contribution in [2.24, 2.45) is 5.92 Å². The van der Waals surface area contributed by atoms with Crippen LogP contribution < -0.4 is 5.32 Å². The number of unbranched alkanes of at least 4 members (excludes halogenated alkanes) is 1. The third-order valence-electron chi connectivity index (χ3n) is 4.00. The molecule has 1 fully saturated rings. The quantitative estimate of drug-likeness (QED) is 0.625. The van der Waals surface area contributed by atoms with Crippen molar-refractivity contribution < 1.29 is 4.74 Å². The Hall–Kier alpha value is -0.0800. The van der Waals surface area contributed by atoms with Gasteiger partial charge in [0.15, 0.2) is 0 Å². The number of hydrogen-bond donors (Lipinski definition) is 1. The van der Waals surface area contributed by atoms with Crippen LogP contribution in [-0.2, 0) is 4.74 Å². The molecule has 0 aromatic heterocycles. The summed E-state index contributed by atoms with van der Waals surface area (Å²) in [6.45, 7) is 8.61. The van der Waals surface area contributed by atoms with Gasteiger partial charge in [-0.15, -0.1) is 0 Å². The summed E-state index contributed by atoms with van der Waals surface area (Å²) in [4.78, 5) is 0. The summed E-state index contributed by atoms with van der Waals surface area (Å²) >= 11 is 0. The van der Waals surface area contributed by atoms with E-state index >= 15 is 0 Å². The average Bonchev–Trinajstić information content (AvgIpc) is 2.35. The number of nitrogens with one attached hydrogen (secondary N) is 1. The second-order valence-electron chi connectivity index (χ2n) is 6.09. The molecule has 2 nitrogen and oxygen atoms in total. The van der Waals surface area contributed by atoms with Crippen LogP contribution in [0.4, 0.5) is 0 Å². The van der Waals surface area contributed by atoms with Crippen LogP contribution in [0.2, 0.25) is 0 Å². The van der Waals surface area contributed by atoms with Crippen molar-refractivity contribution >= 4 is 0 Å². The van der Waals surface area contributed by atoms with Crippen molar-refractivity contribution in [2.75, 3.05) is 13.2 Å². The maximum Gasteiger partial charge on any atom is 0.0518 e. The zero-order chi connectivity index (χ0) is 13.2. The summed E-state index contributed by atoms with van der Waals surface area (Å²) in [6.07, 6.45) is 11.3. The first-order chi connectivity index (χ1) is 8.72. The summed E-state index contributed by atoms with van der Waals surface area (Å²) < 4.78 is 5.55. The van der Waals surface area contributed by atoms with Gasteiger partial charge in [-0.1, -0.05) is 19.8 Å². The molecular weight excluding hydrogens is 222 g/mol. The SMILES string of the molecule is CCCC1CCC(NCCCCOC(C)C)CC1. The van der Waals surface area contributed by atoms with Crippen LogP contribution in [0, 0.1) is 5.92 Å². The van der Waals surface area contributed by atoms with Crippen LogP contribution in [0.25, 0.3) is 0 Å². The smallest absolute Gasteiger partial charge is 0.0518 e. The van der Waals surface area contributed by atoms with Crippen LogP contribution in [0.15, 0.2) is 0 Å². The van der Waals surface area contributed by atoms with Crippen molar-refractivity contribution in [2.45, 2.75) is 84.3 Å². The summed E-state index contributed by atoms with van der Waals surface area (Å²) in [7, 11) is 0. The molecule has 0 spiro atoms. The average molecular weight is 255 g/mol. The van der Waals surface area contributed by atoms with Gasteiger partial charge in [0.2, 0.25) is 0 Å².